The Balaban J connectivity index is 2.34. The molecule has 1 heterocycles. The fourth-order valence-electron chi connectivity index (χ4n) is 4.30. The molecule has 1 nitrogen and oxygen atoms in total. The highest BCUT2D eigenvalue weighted by Gasteiger charge is 2.36. The second kappa shape index (κ2) is 6.12. The smallest absolute Gasteiger partial charge is 0.0465 e. The molecule has 0 radical (unpaired) electrons. The van der Waals surface area contributed by atoms with Gasteiger partial charge in [-0.15, -0.1) is 0 Å². The highest BCUT2D eigenvalue weighted by Crippen LogP contribution is 2.49. The zero-order chi connectivity index (χ0) is 17.5. The SMILES string of the molecule is C/C=C\C1=C(CC)c2cc3c(CC)c(/C=C\C)[nH]c3cc2C1(C)C. The number of aryl methyl sites for hydroxylation is 1. The maximum atomic E-state index is 3.64. The van der Waals surface area contributed by atoms with Crippen LogP contribution in [0.4, 0.5) is 0 Å². The molecule has 1 aliphatic carbocycles. The molecule has 0 unspecified atom stereocenters. The van der Waals surface area contributed by atoms with Gasteiger partial charge in [-0.1, -0.05) is 45.9 Å². The molecular weight excluding hydrogens is 290 g/mol. The number of hydrogen-bond donors (Lipinski definition) is 1. The Morgan fingerprint density at radius 1 is 1.00 bits per heavy atom. The van der Waals surface area contributed by atoms with Crippen molar-refractivity contribution < 1.29 is 0 Å². The summed E-state index contributed by atoms with van der Waals surface area (Å²) in [4.78, 5) is 3.64. The molecule has 0 bridgehead atoms. The normalized spacial score (nSPS) is 16.9. The van der Waals surface area contributed by atoms with E-state index in [1.54, 1.807) is 0 Å². The van der Waals surface area contributed by atoms with Gasteiger partial charge >= 0.3 is 0 Å². The summed E-state index contributed by atoms with van der Waals surface area (Å²) < 4.78 is 0. The van der Waals surface area contributed by atoms with Crippen LogP contribution in [-0.2, 0) is 11.8 Å². The van der Waals surface area contributed by atoms with Gasteiger partial charge in [0.05, 0.1) is 0 Å². The lowest BCUT2D eigenvalue weighted by atomic mass is 9.80. The van der Waals surface area contributed by atoms with Crippen molar-refractivity contribution in [1.82, 2.24) is 4.98 Å². The molecule has 24 heavy (non-hydrogen) atoms. The lowest BCUT2D eigenvalue weighted by molar-refractivity contribution is 0.654. The molecule has 0 spiro atoms. The van der Waals surface area contributed by atoms with Crippen LogP contribution in [0.5, 0.6) is 0 Å². The van der Waals surface area contributed by atoms with Gasteiger partial charge < -0.3 is 4.98 Å². The first kappa shape index (κ1) is 16.8. The molecule has 1 aliphatic rings. The third kappa shape index (κ3) is 2.30. The van der Waals surface area contributed by atoms with Crippen molar-refractivity contribution >= 4 is 22.6 Å². The maximum absolute atomic E-state index is 3.64. The average molecular weight is 319 g/mol. The Kier molecular flexibility index (Phi) is 4.29. The van der Waals surface area contributed by atoms with E-state index in [-0.39, 0.29) is 5.41 Å². The number of fused-ring (bicyclic) bond motifs is 2. The van der Waals surface area contributed by atoms with Crippen molar-refractivity contribution in [2.24, 2.45) is 0 Å². The van der Waals surface area contributed by atoms with E-state index >= 15 is 0 Å². The van der Waals surface area contributed by atoms with E-state index in [1.165, 1.54) is 44.4 Å². The maximum Gasteiger partial charge on any atom is 0.0465 e. The van der Waals surface area contributed by atoms with Crippen molar-refractivity contribution in [3.63, 3.8) is 0 Å². The molecule has 0 saturated carbocycles. The van der Waals surface area contributed by atoms with Gasteiger partial charge in [-0.2, -0.15) is 0 Å². The largest absolute Gasteiger partial charge is 0.355 e. The second-order valence-corrected chi connectivity index (χ2v) is 7.18. The number of nitrogens with one attached hydrogen (secondary N) is 1. The van der Waals surface area contributed by atoms with Crippen molar-refractivity contribution in [3.05, 3.63) is 58.3 Å². The summed E-state index contributed by atoms with van der Waals surface area (Å²) in [5.74, 6) is 0. The van der Waals surface area contributed by atoms with E-state index in [1.807, 2.05) is 0 Å². The first-order valence-electron chi connectivity index (χ1n) is 9.17. The number of hydrogen-bond acceptors (Lipinski definition) is 0. The lowest BCUT2D eigenvalue weighted by Gasteiger charge is -2.23. The van der Waals surface area contributed by atoms with E-state index in [4.69, 9.17) is 0 Å². The molecule has 1 aromatic carbocycles. The molecule has 0 amide bonds. The predicted molar refractivity (Wildman–Crippen MR) is 107 cm³/mol. The Morgan fingerprint density at radius 2 is 1.71 bits per heavy atom. The Bertz CT molecular complexity index is 869. The molecule has 0 atom stereocenters. The topological polar surface area (TPSA) is 15.8 Å². The molecule has 2 aromatic rings. The first-order chi connectivity index (χ1) is 11.5. The van der Waals surface area contributed by atoms with Crippen molar-refractivity contribution in [2.75, 3.05) is 0 Å². The lowest BCUT2D eigenvalue weighted by Crippen LogP contribution is -2.16. The van der Waals surface area contributed by atoms with Crippen LogP contribution in [0.3, 0.4) is 0 Å². The summed E-state index contributed by atoms with van der Waals surface area (Å²) in [6.07, 6.45) is 10.9. The standard InChI is InChI=1S/C23H29N/c1-7-11-19-15(9-3)17-13-18-16(10-4)21(12-8-2)24-22(18)14-20(17)23(19,5)6/h7-8,11-14,24H,9-10H2,1-6H3/b11-7-,12-8-. The minimum atomic E-state index is 0.0691. The van der Waals surface area contributed by atoms with Crippen LogP contribution in [0.15, 0.2) is 35.9 Å². The van der Waals surface area contributed by atoms with E-state index in [9.17, 15) is 0 Å². The van der Waals surface area contributed by atoms with Crippen molar-refractivity contribution in [2.45, 2.75) is 59.8 Å². The van der Waals surface area contributed by atoms with Gasteiger partial charge in [-0.3, -0.25) is 0 Å². The van der Waals surface area contributed by atoms with Crippen LogP contribution in [0.25, 0.3) is 22.6 Å². The second-order valence-electron chi connectivity index (χ2n) is 7.18. The zero-order valence-corrected chi connectivity index (χ0v) is 15.9. The molecule has 0 saturated heterocycles. The van der Waals surface area contributed by atoms with Gasteiger partial charge in [0, 0.05) is 22.0 Å². The van der Waals surface area contributed by atoms with Gasteiger partial charge in [0.15, 0.2) is 0 Å². The van der Waals surface area contributed by atoms with Crippen LogP contribution >= 0.6 is 0 Å². The van der Waals surface area contributed by atoms with Crippen LogP contribution in [0, 0.1) is 0 Å². The van der Waals surface area contributed by atoms with Gasteiger partial charge in [0.25, 0.3) is 0 Å². The van der Waals surface area contributed by atoms with E-state index in [0.29, 0.717) is 0 Å². The van der Waals surface area contributed by atoms with E-state index in [0.717, 1.165) is 12.8 Å². The van der Waals surface area contributed by atoms with E-state index in [2.05, 4.69) is 83.0 Å². The third-order valence-corrected chi connectivity index (χ3v) is 5.45. The summed E-state index contributed by atoms with van der Waals surface area (Å²) in [5, 5.41) is 1.38. The Hall–Kier alpha value is -2.02. The van der Waals surface area contributed by atoms with Gasteiger partial charge in [-0.05, 0) is 72.7 Å². The minimum absolute atomic E-state index is 0.0691. The van der Waals surface area contributed by atoms with Crippen LogP contribution in [-0.4, -0.2) is 4.98 Å². The van der Waals surface area contributed by atoms with Crippen LogP contribution in [0.1, 0.15) is 70.3 Å². The van der Waals surface area contributed by atoms with Gasteiger partial charge in [0.1, 0.15) is 0 Å². The molecule has 3 rings (SSSR count). The van der Waals surface area contributed by atoms with E-state index < -0.39 is 0 Å². The highest BCUT2D eigenvalue weighted by molar-refractivity contribution is 5.94. The molecule has 126 valence electrons. The highest BCUT2D eigenvalue weighted by atomic mass is 14.7. The summed E-state index contributed by atoms with van der Waals surface area (Å²) in [6.45, 7) is 13.4. The quantitative estimate of drug-likeness (QED) is 0.638. The van der Waals surface area contributed by atoms with Gasteiger partial charge in [-0.25, -0.2) is 0 Å². The van der Waals surface area contributed by atoms with Crippen LogP contribution in [0.2, 0.25) is 0 Å². The summed E-state index contributed by atoms with van der Waals surface area (Å²) in [6, 6.07) is 4.83. The predicted octanol–water partition coefficient (Wildman–Crippen LogP) is 6.79. The molecule has 1 heteroatoms. The molecule has 1 N–H and O–H groups in total. The summed E-state index contributed by atoms with van der Waals surface area (Å²) in [7, 11) is 0. The fourth-order valence-corrected chi connectivity index (χ4v) is 4.30. The molecular formula is C23H29N. The Morgan fingerprint density at radius 3 is 2.29 bits per heavy atom. The zero-order valence-electron chi connectivity index (χ0n) is 15.9. The number of aromatic nitrogens is 1. The molecule has 0 fully saturated rings. The Labute approximate surface area is 146 Å². The number of aromatic amines is 1. The average Bonchev–Trinajstić information content (AvgIpc) is 2.99. The first-order valence-corrected chi connectivity index (χ1v) is 9.17. The fraction of sp³-hybridized carbons (Fsp3) is 0.391. The van der Waals surface area contributed by atoms with Crippen LogP contribution < -0.4 is 0 Å². The minimum Gasteiger partial charge on any atom is -0.355 e. The molecule has 1 aromatic heterocycles. The monoisotopic (exact) mass is 319 g/mol. The third-order valence-electron chi connectivity index (χ3n) is 5.45. The number of allylic oxidation sites excluding steroid dienone is 5. The number of H-pyrrole nitrogens is 1. The number of benzene rings is 1. The summed E-state index contributed by atoms with van der Waals surface area (Å²) >= 11 is 0. The number of rotatable bonds is 4. The van der Waals surface area contributed by atoms with Crippen molar-refractivity contribution in [1.29, 1.82) is 0 Å². The molecule has 0 aliphatic heterocycles. The van der Waals surface area contributed by atoms with Crippen molar-refractivity contribution in [3.8, 4) is 0 Å². The van der Waals surface area contributed by atoms with Gasteiger partial charge in [0.2, 0.25) is 0 Å². The summed E-state index contributed by atoms with van der Waals surface area (Å²) in [5.41, 5.74) is 9.90.